The molecule has 1 aromatic carbocycles. The van der Waals surface area contributed by atoms with E-state index in [-0.39, 0.29) is 0 Å². The van der Waals surface area contributed by atoms with Crippen LogP contribution in [0.5, 0.6) is 11.5 Å². The van der Waals surface area contributed by atoms with Crippen LogP contribution in [0.1, 0.15) is 25.3 Å². The molecule has 4 heteroatoms. The molecule has 2 aliphatic rings. The molecule has 0 spiro atoms. The van der Waals surface area contributed by atoms with Crippen molar-refractivity contribution in [2.45, 2.75) is 25.6 Å². The van der Waals surface area contributed by atoms with Crippen LogP contribution in [-0.4, -0.2) is 26.4 Å². The molecule has 0 aliphatic carbocycles. The van der Waals surface area contributed by atoms with Crippen LogP contribution >= 0.6 is 0 Å². The number of fused-ring (bicyclic) bond motifs is 1. The molecular weight excluding hydrogens is 232 g/mol. The van der Waals surface area contributed by atoms with E-state index in [1.807, 2.05) is 18.2 Å². The fourth-order valence-corrected chi connectivity index (χ4v) is 2.52. The third kappa shape index (κ3) is 1.95. The second-order valence-corrected chi connectivity index (χ2v) is 4.56. The minimum absolute atomic E-state index is 0.593. The summed E-state index contributed by atoms with van der Waals surface area (Å²) < 4.78 is 22.8. The Kier molecular flexibility index (Phi) is 3.14. The summed E-state index contributed by atoms with van der Waals surface area (Å²) in [6.07, 6.45) is 1.86. The maximum atomic E-state index is 5.84. The lowest BCUT2D eigenvalue weighted by Crippen LogP contribution is -2.27. The molecule has 0 aromatic heterocycles. The number of ether oxygens (including phenoxy) is 4. The maximum Gasteiger partial charge on any atom is 0.195 e. The van der Waals surface area contributed by atoms with E-state index in [0.717, 1.165) is 29.9 Å². The highest BCUT2D eigenvalue weighted by molar-refractivity contribution is 5.45. The minimum atomic E-state index is -0.593. The zero-order valence-corrected chi connectivity index (χ0v) is 10.6. The van der Waals surface area contributed by atoms with Crippen LogP contribution in [0.25, 0.3) is 0 Å². The summed E-state index contributed by atoms with van der Waals surface area (Å²) in [5, 5.41) is 0. The molecule has 0 atom stereocenters. The highest BCUT2D eigenvalue weighted by Gasteiger charge is 2.38. The van der Waals surface area contributed by atoms with Crippen LogP contribution in [0.2, 0.25) is 0 Å². The Hall–Kier alpha value is -1.26. The van der Waals surface area contributed by atoms with Gasteiger partial charge in [-0.2, -0.15) is 0 Å². The predicted molar refractivity (Wildman–Crippen MR) is 65.9 cm³/mol. The first-order chi connectivity index (χ1) is 8.84. The van der Waals surface area contributed by atoms with Crippen LogP contribution in [-0.2, 0) is 15.3 Å². The Bertz CT molecular complexity index is 424. The van der Waals surface area contributed by atoms with Crippen molar-refractivity contribution >= 4 is 0 Å². The molecule has 1 fully saturated rings. The van der Waals surface area contributed by atoms with E-state index in [1.165, 1.54) is 0 Å². The van der Waals surface area contributed by atoms with Crippen molar-refractivity contribution in [3.63, 3.8) is 0 Å². The first kappa shape index (κ1) is 11.8. The largest absolute Gasteiger partial charge is 0.486 e. The van der Waals surface area contributed by atoms with Crippen molar-refractivity contribution in [2.24, 2.45) is 0 Å². The lowest BCUT2D eigenvalue weighted by molar-refractivity contribution is -0.171. The average molecular weight is 250 g/mol. The van der Waals surface area contributed by atoms with Gasteiger partial charge in [0.25, 0.3) is 0 Å². The minimum Gasteiger partial charge on any atom is -0.486 e. The third-order valence-corrected chi connectivity index (χ3v) is 3.31. The van der Waals surface area contributed by atoms with Crippen molar-refractivity contribution in [3.05, 3.63) is 23.8 Å². The van der Waals surface area contributed by atoms with Gasteiger partial charge < -0.3 is 18.9 Å². The molecule has 18 heavy (non-hydrogen) atoms. The van der Waals surface area contributed by atoms with Gasteiger partial charge >= 0.3 is 0 Å². The Balaban J connectivity index is 1.94. The van der Waals surface area contributed by atoms with Crippen LogP contribution in [0.3, 0.4) is 0 Å². The van der Waals surface area contributed by atoms with Gasteiger partial charge in [-0.05, 0) is 18.2 Å². The van der Waals surface area contributed by atoms with Crippen molar-refractivity contribution in [1.82, 2.24) is 0 Å². The van der Waals surface area contributed by atoms with Crippen molar-refractivity contribution in [1.29, 1.82) is 0 Å². The van der Waals surface area contributed by atoms with Crippen LogP contribution in [0, 0.1) is 0 Å². The fraction of sp³-hybridized carbons (Fsp3) is 0.571. The maximum absolute atomic E-state index is 5.84. The summed E-state index contributed by atoms with van der Waals surface area (Å²) in [6.45, 7) is 4.63. The lowest BCUT2D eigenvalue weighted by Gasteiger charge is -2.29. The van der Waals surface area contributed by atoms with E-state index in [4.69, 9.17) is 18.9 Å². The van der Waals surface area contributed by atoms with E-state index in [0.29, 0.717) is 26.4 Å². The summed E-state index contributed by atoms with van der Waals surface area (Å²) >= 11 is 0. The molecular formula is C14H18O4. The third-order valence-electron chi connectivity index (χ3n) is 3.31. The molecule has 2 heterocycles. The fourth-order valence-electron chi connectivity index (χ4n) is 2.52. The lowest BCUT2D eigenvalue weighted by atomic mass is 10.0. The molecule has 98 valence electrons. The second kappa shape index (κ2) is 4.78. The van der Waals surface area contributed by atoms with Gasteiger partial charge in [-0.1, -0.05) is 13.3 Å². The highest BCUT2D eigenvalue weighted by Crippen LogP contribution is 2.40. The topological polar surface area (TPSA) is 36.9 Å². The smallest absolute Gasteiger partial charge is 0.195 e. The van der Waals surface area contributed by atoms with Crippen LogP contribution < -0.4 is 9.47 Å². The van der Waals surface area contributed by atoms with Crippen molar-refractivity contribution in [2.75, 3.05) is 26.4 Å². The number of hydrogen-bond acceptors (Lipinski definition) is 4. The van der Waals surface area contributed by atoms with Gasteiger partial charge in [0.2, 0.25) is 0 Å². The Morgan fingerprint density at radius 2 is 1.72 bits per heavy atom. The molecule has 0 bridgehead atoms. The van der Waals surface area contributed by atoms with E-state index in [9.17, 15) is 0 Å². The molecule has 0 radical (unpaired) electrons. The van der Waals surface area contributed by atoms with E-state index in [2.05, 4.69) is 6.92 Å². The van der Waals surface area contributed by atoms with Gasteiger partial charge in [-0.15, -0.1) is 0 Å². The van der Waals surface area contributed by atoms with Gasteiger partial charge in [0, 0.05) is 12.0 Å². The van der Waals surface area contributed by atoms with Crippen molar-refractivity contribution < 1.29 is 18.9 Å². The predicted octanol–water partition coefficient (Wildman–Crippen LogP) is 2.46. The van der Waals surface area contributed by atoms with Gasteiger partial charge in [-0.3, -0.25) is 0 Å². The van der Waals surface area contributed by atoms with Gasteiger partial charge in [-0.25, -0.2) is 0 Å². The monoisotopic (exact) mass is 250 g/mol. The van der Waals surface area contributed by atoms with Gasteiger partial charge in [0.1, 0.15) is 13.2 Å². The molecule has 0 amide bonds. The van der Waals surface area contributed by atoms with Crippen molar-refractivity contribution in [3.8, 4) is 11.5 Å². The molecule has 2 aliphatic heterocycles. The van der Waals surface area contributed by atoms with E-state index < -0.39 is 5.79 Å². The summed E-state index contributed by atoms with van der Waals surface area (Å²) in [5.74, 6) is 0.993. The zero-order chi connectivity index (χ0) is 12.4. The first-order valence-electron chi connectivity index (χ1n) is 6.52. The summed E-state index contributed by atoms with van der Waals surface area (Å²) in [4.78, 5) is 0. The van der Waals surface area contributed by atoms with E-state index in [1.54, 1.807) is 0 Å². The van der Waals surface area contributed by atoms with Gasteiger partial charge in [0.15, 0.2) is 17.3 Å². The highest BCUT2D eigenvalue weighted by atomic mass is 16.7. The summed E-state index contributed by atoms with van der Waals surface area (Å²) in [6, 6.07) is 5.93. The number of benzene rings is 1. The number of hydrogen-bond donors (Lipinski definition) is 0. The Labute approximate surface area is 107 Å². The standard InChI is InChI=1S/C14H18O4/c1-2-5-14(17-8-9-18-14)11-3-4-12-13(10-11)16-7-6-15-12/h3-4,10H,2,5-9H2,1H3. The molecule has 4 nitrogen and oxygen atoms in total. The summed E-state index contributed by atoms with van der Waals surface area (Å²) in [7, 11) is 0. The Morgan fingerprint density at radius 3 is 2.44 bits per heavy atom. The SMILES string of the molecule is CCCC1(c2ccc3c(c2)OCCO3)OCCO1. The second-order valence-electron chi connectivity index (χ2n) is 4.56. The van der Waals surface area contributed by atoms with E-state index >= 15 is 0 Å². The average Bonchev–Trinajstić information content (AvgIpc) is 2.88. The molecule has 0 saturated carbocycles. The molecule has 3 rings (SSSR count). The summed E-state index contributed by atoms with van der Waals surface area (Å²) in [5.41, 5.74) is 1.02. The quantitative estimate of drug-likeness (QED) is 0.825. The number of rotatable bonds is 3. The molecule has 0 unspecified atom stereocenters. The molecule has 1 saturated heterocycles. The van der Waals surface area contributed by atoms with Crippen LogP contribution in [0.4, 0.5) is 0 Å². The Morgan fingerprint density at radius 1 is 1.00 bits per heavy atom. The normalized spacial score (nSPS) is 20.9. The van der Waals surface area contributed by atoms with Gasteiger partial charge in [0.05, 0.1) is 13.2 Å². The first-order valence-corrected chi connectivity index (χ1v) is 6.52. The molecule has 0 N–H and O–H groups in total. The zero-order valence-electron chi connectivity index (χ0n) is 10.6. The van der Waals surface area contributed by atoms with Crippen LogP contribution in [0.15, 0.2) is 18.2 Å². The molecule has 1 aromatic rings.